The number of hydrogen-bond acceptors (Lipinski definition) is 2. The first-order valence-electron chi connectivity index (χ1n) is 11.2. The fraction of sp³-hybridized carbons (Fsp3) is 0. The molecule has 3 heteroatoms. The SMILES string of the molecule is [Ir].[c-]1ccc(-c2ccccc2)cc1-c1ccccn1.[c-]1ccccc1-c1nccc2ccccc12. The van der Waals surface area contributed by atoms with Crippen LogP contribution in [0.1, 0.15) is 0 Å². The monoisotopic (exact) mass is 627 g/mol. The molecule has 0 aliphatic heterocycles. The first kappa shape index (κ1) is 24.2. The Labute approximate surface area is 219 Å². The van der Waals surface area contributed by atoms with Crippen LogP contribution in [0.4, 0.5) is 0 Å². The van der Waals surface area contributed by atoms with Crippen molar-refractivity contribution in [2.45, 2.75) is 0 Å². The van der Waals surface area contributed by atoms with E-state index >= 15 is 0 Å². The number of fused-ring (bicyclic) bond motifs is 1. The van der Waals surface area contributed by atoms with Crippen molar-refractivity contribution in [3.8, 4) is 33.6 Å². The molecule has 0 aliphatic carbocycles. The van der Waals surface area contributed by atoms with Gasteiger partial charge in [0.25, 0.3) is 0 Å². The predicted octanol–water partition coefficient (Wildman–Crippen LogP) is 7.92. The molecule has 2 nitrogen and oxygen atoms in total. The van der Waals surface area contributed by atoms with Gasteiger partial charge in [-0.15, -0.1) is 71.3 Å². The van der Waals surface area contributed by atoms with Crippen LogP contribution in [0.3, 0.4) is 0 Å². The Morgan fingerprint density at radius 2 is 1.29 bits per heavy atom. The summed E-state index contributed by atoms with van der Waals surface area (Å²) in [6.07, 6.45) is 3.65. The topological polar surface area (TPSA) is 25.8 Å². The summed E-state index contributed by atoms with van der Waals surface area (Å²) in [4.78, 5) is 8.80. The minimum absolute atomic E-state index is 0. The van der Waals surface area contributed by atoms with Gasteiger partial charge in [0.1, 0.15) is 0 Å². The third kappa shape index (κ3) is 5.96. The van der Waals surface area contributed by atoms with E-state index in [-0.39, 0.29) is 20.1 Å². The summed E-state index contributed by atoms with van der Waals surface area (Å²) >= 11 is 0. The van der Waals surface area contributed by atoms with Gasteiger partial charge in [-0.25, -0.2) is 0 Å². The van der Waals surface area contributed by atoms with Crippen molar-refractivity contribution >= 4 is 10.8 Å². The molecule has 6 aromatic rings. The van der Waals surface area contributed by atoms with Crippen LogP contribution in [0.15, 0.2) is 134 Å². The molecule has 0 N–H and O–H groups in total. The minimum atomic E-state index is 0. The van der Waals surface area contributed by atoms with Gasteiger partial charge >= 0.3 is 0 Å². The second kappa shape index (κ2) is 12.0. The Balaban J connectivity index is 0.000000161. The Kier molecular flexibility index (Phi) is 8.29. The van der Waals surface area contributed by atoms with Crippen molar-refractivity contribution in [2.24, 2.45) is 0 Å². The van der Waals surface area contributed by atoms with Crippen LogP contribution in [-0.4, -0.2) is 9.97 Å². The van der Waals surface area contributed by atoms with Crippen LogP contribution >= 0.6 is 0 Å². The van der Waals surface area contributed by atoms with Crippen molar-refractivity contribution in [2.75, 3.05) is 0 Å². The number of hydrogen-bond donors (Lipinski definition) is 0. The van der Waals surface area contributed by atoms with Crippen LogP contribution in [-0.2, 0) is 20.1 Å². The van der Waals surface area contributed by atoms with Gasteiger partial charge in [0, 0.05) is 32.5 Å². The van der Waals surface area contributed by atoms with Crippen molar-refractivity contribution in [1.82, 2.24) is 9.97 Å². The fourth-order valence-electron chi connectivity index (χ4n) is 3.82. The van der Waals surface area contributed by atoms with E-state index in [1.807, 2.05) is 91.1 Å². The van der Waals surface area contributed by atoms with Gasteiger partial charge in [-0.3, -0.25) is 0 Å². The summed E-state index contributed by atoms with van der Waals surface area (Å²) < 4.78 is 0. The summed E-state index contributed by atoms with van der Waals surface area (Å²) in [6, 6.07) is 47.1. The maximum Gasteiger partial charge on any atom is 0.0167 e. The molecule has 0 unspecified atom stereocenters. The van der Waals surface area contributed by atoms with Gasteiger partial charge in [0.15, 0.2) is 0 Å². The number of pyridine rings is 2. The largest absolute Gasteiger partial charge is 0.305 e. The standard InChI is InChI=1S/C17H12N.C15H10N.Ir/c1-2-7-14(8-3-1)15-9-6-10-16(13-15)17-11-4-5-12-18-17;1-2-7-13(8-3-1)15-14-9-5-4-6-12(14)10-11-16-15;/h1-9,11-13H;1-7,9-11H;/q2*-1;. The number of nitrogens with zero attached hydrogens (tertiary/aromatic N) is 2. The van der Waals surface area contributed by atoms with Gasteiger partial charge in [0.2, 0.25) is 0 Å². The number of rotatable bonds is 3. The second-order valence-electron chi connectivity index (χ2n) is 7.73. The molecular weight excluding hydrogens is 605 g/mol. The molecule has 1 radical (unpaired) electrons. The zero-order valence-corrected chi connectivity index (χ0v) is 21.3. The van der Waals surface area contributed by atoms with Crippen molar-refractivity contribution in [3.63, 3.8) is 0 Å². The molecule has 2 heterocycles. The summed E-state index contributed by atoms with van der Waals surface area (Å²) in [5, 5.41) is 2.39. The Morgan fingerprint density at radius 3 is 2.09 bits per heavy atom. The van der Waals surface area contributed by atoms with Crippen LogP contribution in [0, 0.1) is 12.1 Å². The first-order chi connectivity index (χ1) is 16.9. The third-order valence-electron chi connectivity index (χ3n) is 5.49. The molecule has 6 rings (SSSR count). The van der Waals surface area contributed by atoms with Crippen molar-refractivity contribution < 1.29 is 20.1 Å². The van der Waals surface area contributed by atoms with E-state index in [9.17, 15) is 0 Å². The van der Waals surface area contributed by atoms with Crippen LogP contribution < -0.4 is 0 Å². The molecule has 0 aliphatic rings. The third-order valence-corrected chi connectivity index (χ3v) is 5.49. The van der Waals surface area contributed by atoms with E-state index in [1.54, 1.807) is 6.20 Å². The number of aromatic nitrogens is 2. The molecule has 0 saturated heterocycles. The van der Waals surface area contributed by atoms with Crippen molar-refractivity contribution in [3.05, 3.63) is 146 Å². The van der Waals surface area contributed by atoms with E-state index in [2.05, 4.69) is 58.5 Å². The van der Waals surface area contributed by atoms with E-state index in [0.717, 1.165) is 22.5 Å². The Bertz CT molecular complexity index is 1420. The molecule has 2 aromatic heterocycles. The summed E-state index contributed by atoms with van der Waals surface area (Å²) in [5.74, 6) is 0. The minimum Gasteiger partial charge on any atom is -0.305 e. The molecule has 171 valence electrons. The van der Waals surface area contributed by atoms with E-state index < -0.39 is 0 Å². The van der Waals surface area contributed by atoms with Gasteiger partial charge in [-0.2, -0.15) is 0 Å². The average molecular weight is 627 g/mol. The van der Waals surface area contributed by atoms with Crippen LogP contribution in [0.5, 0.6) is 0 Å². The van der Waals surface area contributed by atoms with Gasteiger partial charge in [-0.1, -0.05) is 66.7 Å². The van der Waals surface area contributed by atoms with Gasteiger partial charge in [0.05, 0.1) is 0 Å². The van der Waals surface area contributed by atoms with Crippen molar-refractivity contribution in [1.29, 1.82) is 0 Å². The Morgan fingerprint density at radius 1 is 0.514 bits per heavy atom. The quantitative estimate of drug-likeness (QED) is 0.187. The van der Waals surface area contributed by atoms with E-state index in [0.29, 0.717) is 0 Å². The normalized spacial score (nSPS) is 10.1. The molecule has 0 bridgehead atoms. The average Bonchev–Trinajstić information content (AvgIpc) is 2.95. The maximum absolute atomic E-state index is 4.45. The predicted molar refractivity (Wildman–Crippen MR) is 140 cm³/mol. The molecule has 0 fully saturated rings. The van der Waals surface area contributed by atoms with Crippen LogP contribution in [0.25, 0.3) is 44.4 Å². The maximum atomic E-state index is 4.45. The van der Waals surface area contributed by atoms with Gasteiger partial charge in [-0.05, 0) is 39.9 Å². The smallest absolute Gasteiger partial charge is 0.0167 e. The summed E-state index contributed by atoms with van der Waals surface area (Å²) in [6.45, 7) is 0. The molecule has 0 atom stereocenters. The summed E-state index contributed by atoms with van der Waals surface area (Å²) in [5.41, 5.74) is 6.42. The number of benzene rings is 4. The molecule has 0 amide bonds. The van der Waals surface area contributed by atoms with Gasteiger partial charge < -0.3 is 9.97 Å². The second-order valence-corrected chi connectivity index (χ2v) is 7.73. The molecule has 0 spiro atoms. The molecule has 35 heavy (non-hydrogen) atoms. The molecule has 4 aromatic carbocycles. The zero-order valence-electron chi connectivity index (χ0n) is 18.9. The first-order valence-corrected chi connectivity index (χ1v) is 11.2. The Hall–Kier alpha value is -3.91. The molecule has 0 saturated carbocycles. The van der Waals surface area contributed by atoms with Crippen LogP contribution in [0.2, 0.25) is 0 Å². The van der Waals surface area contributed by atoms with E-state index in [4.69, 9.17) is 0 Å². The zero-order chi connectivity index (χ0) is 23.0. The van der Waals surface area contributed by atoms with E-state index in [1.165, 1.54) is 21.9 Å². The summed E-state index contributed by atoms with van der Waals surface area (Å²) in [7, 11) is 0. The fourth-order valence-corrected chi connectivity index (χ4v) is 3.82. The molecular formula is C32H22IrN2-2.